The predicted octanol–water partition coefficient (Wildman–Crippen LogP) is 2.74. The Morgan fingerprint density at radius 1 is 1.16 bits per heavy atom. The van der Waals surface area contributed by atoms with Crippen molar-refractivity contribution in [3.63, 3.8) is 0 Å². The van der Waals surface area contributed by atoms with Crippen LogP contribution in [0.15, 0.2) is 30.3 Å². The maximum Gasteiger partial charge on any atom is 0.236 e. The van der Waals surface area contributed by atoms with Gasteiger partial charge >= 0.3 is 0 Å². The number of carbonyl (C=O) groups excluding carboxylic acids is 1. The number of nitrogens with zero attached hydrogens (tertiary/aromatic N) is 1. The molecule has 3 nitrogen and oxygen atoms in total. The minimum absolute atomic E-state index is 0.220. The monoisotopic (exact) mass is 260 g/mol. The molecule has 1 aromatic rings. The molecule has 0 radical (unpaired) electrons. The fourth-order valence-electron chi connectivity index (χ4n) is 2.53. The summed E-state index contributed by atoms with van der Waals surface area (Å²) in [5, 5.41) is 3.33. The fraction of sp³-hybridized carbons (Fsp3) is 0.562. The number of rotatable bonds is 4. The van der Waals surface area contributed by atoms with Crippen LogP contribution in [0.25, 0.3) is 0 Å². The predicted molar refractivity (Wildman–Crippen MR) is 77.9 cm³/mol. The molecule has 1 fully saturated rings. The third-order valence-corrected chi connectivity index (χ3v) is 3.82. The first-order valence-electron chi connectivity index (χ1n) is 7.33. The van der Waals surface area contributed by atoms with Crippen LogP contribution in [0, 0.1) is 0 Å². The molecule has 1 aromatic carbocycles. The molecule has 0 aliphatic carbocycles. The topological polar surface area (TPSA) is 32.3 Å². The minimum atomic E-state index is 0.220. The van der Waals surface area contributed by atoms with E-state index >= 15 is 0 Å². The Bertz CT molecular complexity index is 383. The molecule has 1 saturated heterocycles. The lowest BCUT2D eigenvalue weighted by molar-refractivity contribution is -0.130. The van der Waals surface area contributed by atoms with Crippen molar-refractivity contribution in [2.75, 3.05) is 19.6 Å². The molecule has 1 heterocycles. The summed E-state index contributed by atoms with van der Waals surface area (Å²) < 4.78 is 0. The Labute approximate surface area is 116 Å². The van der Waals surface area contributed by atoms with Gasteiger partial charge in [-0.15, -0.1) is 0 Å². The van der Waals surface area contributed by atoms with E-state index in [2.05, 4.69) is 24.4 Å². The summed E-state index contributed by atoms with van der Waals surface area (Å²) in [4.78, 5) is 14.2. The molecule has 19 heavy (non-hydrogen) atoms. The lowest BCUT2D eigenvalue weighted by Crippen LogP contribution is -2.39. The second kappa shape index (κ2) is 7.29. The van der Waals surface area contributed by atoms with E-state index in [1.165, 1.54) is 18.4 Å². The van der Waals surface area contributed by atoms with Crippen LogP contribution in [0.1, 0.15) is 44.2 Å². The molecule has 1 amide bonds. The summed E-state index contributed by atoms with van der Waals surface area (Å²) in [6.45, 7) is 4.40. The molecular formula is C16H24N2O. The summed E-state index contributed by atoms with van der Waals surface area (Å²) >= 11 is 0. The Morgan fingerprint density at radius 3 is 2.42 bits per heavy atom. The van der Waals surface area contributed by atoms with Crippen LogP contribution >= 0.6 is 0 Å². The third kappa shape index (κ3) is 4.35. The Morgan fingerprint density at radius 2 is 1.79 bits per heavy atom. The highest BCUT2D eigenvalue weighted by Gasteiger charge is 2.16. The highest BCUT2D eigenvalue weighted by Crippen LogP contribution is 2.12. The SMILES string of the molecule is C[C@@H](NCC(=O)N1CCCCCC1)c1ccccc1. The van der Waals surface area contributed by atoms with Gasteiger partial charge in [-0.25, -0.2) is 0 Å². The van der Waals surface area contributed by atoms with Crippen LogP contribution < -0.4 is 5.32 Å². The highest BCUT2D eigenvalue weighted by atomic mass is 16.2. The number of hydrogen-bond acceptors (Lipinski definition) is 2. The first kappa shape index (κ1) is 14.1. The lowest BCUT2D eigenvalue weighted by Gasteiger charge is -2.22. The second-order valence-electron chi connectivity index (χ2n) is 5.31. The molecule has 1 aliphatic rings. The molecule has 1 aliphatic heterocycles. The van der Waals surface area contributed by atoms with Crippen molar-refractivity contribution in [2.24, 2.45) is 0 Å². The van der Waals surface area contributed by atoms with Gasteiger partial charge in [0.05, 0.1) is 6.54 Å². The maximum atomic E-state index is 12.2. The molecule has 1 N–H and O–H groups in total. The molecule has 1 atom stereocenters. The van der Waals surface area contributed by atoms with E-state index in [9.17, 15) is 4.79 Å². The van der Waals surface area contributed by atoms with Gasteiger partial charge in [-0.1, -0.05) is 43.2 Å². The van der Waals surface area contributed by atoms with Crippen molar-refractivity contribution >= 4 is 5.91 Å². The zero-order valence-corrected chi connectivity index (χ0v) is 11.8. The smallest absolute Gasteiger partial charge is 0.236 e. The van der Waals surface area contributed by atoms with Gasteiger partial charge < -0.3 is 10.2 Å². The van der Waals surface area contributed by atoms with Crippen LogP contribution in [-0.2, 0) is 4.79 Å². The molecule has 0 unspecified atom stereocenters. The van der Waals surface area contributed by atoms with E-state index in [1.54, 1.807) is 0 Å². The average molecular weight is 260 g/mol. The van der Waals surface area contributed by atoms with E-state index in [-0.39, 0.29) is 11.9 Å². The molecule has 104 valence electrons. The zero-order valence-electron chi connectivity index (χ0n) is 11.8. The van der Waals surface area contributed by atoms with E-state index in [1.807, 2.05) is 23.1 Å². The molecule has 0 spiro atoms. The number of nitrogens with one attached hydrogen (secondary N) is 1. The largest absolute Gasteiger partial charge is 0.342 e. The normalized spacial score (nSPS) is 17.8. The maximum absolute atomic E-state index is 12.2. The second-order valence-corrected chi connectivity index (χ2v) is 5.31. The summed E-state index contributed by atoms with van der Waals surface area (Å²) in [6.07, 6.45) is 4.83. The Hall–Kier alpha value is -1.35. The number of amides is 1. The Balaban J connectivity index is 1.79. The first-order valence-corrected chi connectivity index (χ1v) is 7.33. The molecule has 3 heteroatoms. The molecule has 0 aromatic heterocycles. The van der Waals surface area contributed by atoms with Crippen molar-refractivity contribution in [1.82, 2.24) is 10.2 Å². The van der Waals surface area contributed by atoms with Gasteiger partial charge in [0.25, 0.3) is 0 Å². The third-order valence-electron chi connectivity index (χ3n) is 3.82. The van der Waals surface area contributed by atoms with Gasteiger partial charge in [-0.3, -0.25) is 4.79 Å². The van der Waals surface area contributed by atoms with Crippen LogP contribution in [0.2, 0.25) is 0 Å². The molecular weight excluding hydrogens is 236 g/mol. The summed E-state index contributed by atoms with van der Waals surface area (Å²) in [5.74, 6) is 0.240. The van der Waals surface area contributed by atoms with Gasteiger partial charge in [0, 0.05) is 19.1 Å². The van der Waals surface area contributed by atoms with Crippen LogP contribution in [0.4, 0.5) is 0 Å². The van der Waals surface area contributed by atoms with Gasteiger partial charge in [0.15, 0.2) is 0 Å². The van der Waals surface area contributed by atoms with Crippen molar-refractivity contribution < 1.29 is 4.79 Å². The molecule has 0 saturated carbocycles. The van der Waals surface area contributed by atoms with Crippen LogP contribution in [-0.4, -0.2) is 30.4 Å². The summed E-state index contributed by atoms with van der Waals surface area (Å²) in [5.41, 5.74) is 1.23. The average Bonchev–Trinajstić information content (AvgIpc) is 2.74. The zero-order chi connectivity index (χ0) is 13.5. The van der Waals surface area contributed by atoms with Gasteiger partial charge in [0.2, 0.25) is 5.91 Å². The highest BCUT2D eigenvalue weighted by molar-refractivity contribution is 5.78. The minimum Gasteiger partial charge on any atom is -0.342 e. The summed E-state index contributed by atoms with van der Waals surface area (Å²) in [7, 11) is 0. The van der Waals surface area contributed by atoms with Gasteiger partial charge in [0.1, 0.15) is 0 Å². The summed E-state index contributed by atoms with van der Waals surface area (Å²) in [6, 6.07) is 10.5. The standard InChI is InChI=1S/C16H24N2O/c1-14(15-9-5-4-6-10-15)17-13-16(19)18-11-7-2-3-8-12-18/h4-6,9-10,14,17H,2-3,7-8,11-13H2,1H3/t14-/m1/s1. The van der Waals surface area contributed by atoms with E-state index in [4.69, 9.17) is 0 Å². The fourth-order valence-corrected chi connectivity index (χ4v) is 2.53. The quantitative estimate of drug-likeness (QED) is 0.903. The van der Waals surface area contributed by atoms with E-state index < -0.39 is 0 Å². The van der Waals surface area contributed by atoms with Crippen molar-refractivity contribution in [1.29, 1.82) is 0 Å². The Kier molecular flexibility index (Phi) is 5.40. The number of likely N-dealkylation sites (tertiary alicyclic amines) is 1. The van der Waals surface area contributed by atoms with Gasteiger partial charge in [-0.2, -0.15) is 0 Å². The first-order chi connectivity index (χ1) is 9.27. The molecule has 2 rings (SSSR count). The van der Waals surface area contributed by atoms with Gasteiger partial charge in [-0.05, 0) is 25.3 Å². The van der Waals surface area contributed by atoms with Crippen molar-refractivity contribution in [3.8, 4) is 0 Å². The number of carbonyl (C=O) groups is 1. The van der Waals surface area contributed by atoms with E-state index in [0.717, 1.165) is 25.9 Å². The van der Waals surface area contributed by atoms with Crippen LogP contribution in [0.3, 0.4) is 0 Å². The lowest BCUT2D eigenvalue weighted by atomic mass is 10.1. The van der Waals surface area contributed by atoms with E-state index in [0.29, 0.717) is 6.54 Å². The van der Waals surface area contributed by atoms with Crippen molar-refractivity contribution in [2.45, 2.75) is 38.6 Å². The van der Waals surface area contributed by atoms with Crippen LogP contribution in [0.5, 0.6) is 0 Å². The number of benzene rings is 1. The molecule has 0 bridgehead atoms. The van der Waals surface area contributed by atoms with Crippen molar-refractivity contribution in [3.05, 3.63) is 35.9 Å². The number of hydrogen-bond donors (Lipinski definition) is 1.